The molecule has 0 nitrogen and oxygen atoms in total. The van der Waals surface area contributed by atoms with Gasteiger partial charge in [0.05, 0.1) is 0 Å². The van der Waals surface area contributed by atoms with Gasteiger partial charge in [-0.1, -0.05) is 12.2 Å². The van der Waals surface area contributed by atoms with Crippen molar-refractivity contribution in [2.75, 3.05) is 11.5 Å². The van der Waals surface area contributed by atoms with Crippen molar-refractivity contribution >= 4 is 25.3 Å². The van der Waals surface area contributed by atoms with Gasteiger partial charge in [0.2, 0.25) is 0 Å². The molecule has 0 N–H and O–H groups in total. The van der Waals surface area contributed by atoms with E-state index in [1.54, 1.807) is 12.2 Å². The summed E-state index contributed by atoms with van der Waals surface area (Å²) in [5, 5.41) is 0. The predicted octanol–water partition coefficient (Wildman–Crippen LogP) is 2.20. The summed E-state index contributed by atoms with van der Waals surface area (Å²) in [7, 11) is 0. The Labute approximate surface area is 62.5 Å². The average molecular weight is 148 g/mol. The van der Waals surface area contributed by atoms with E-state index in [0.29, 0.717) is 0 Å². The summed E-state index contributed by atoms with van der Waals surface area (Å²) in [4.78, 5) is 0. The Hall–Kier alpha value is 0.180. The van der Waals surface area contributed by atoms with Crippen molar-refractivity contribution in [1.82, 2.24) is 0 Å². The molecule has 0 aromatic rings. The Morgan fingerprint density at radius 2 is 1.12 bits per heavy atom. The first-order chi connectivity index (χ1) is 3.83. The van der Waals surface area contributed by atoms with E-state index in [1.165, 1.54) is 0 Å². The largest absolute Gasteiger partial charge is 0.175 e. The number of thiol groups is 2. The van der Waals surface area contributed by atoms with Crippen molar-refractivity contribution in [3.8, 4) is 0 Å². The van der Waals surface area contributed by atoms with Gasteiger partial charge >= 0.3 is 0 Å². The molecule has 0 amide bonds. The SMILES string of the molecule is C=CCS.C=CCS. The molecular weight excluding hydrogens is 136 g/mol. The second-order valence-electron chi connectivity index (χ2n) is 0.942. The lowest BCUT2D eigenvalue weighted by atomic mass is 10.8. The van der Waals surface area contributed by atoms with Crippen LogP contribution < -0.4 is 0 Å². The Kier molecular flexibility index (Phi) is 21.7. The molecule has 8 heavy (non-hydrogen) atoms. The molecule has 0 aromatic heterocycles. The molecule has 0 saturated carbocycles. The molecule has 0 spiro atoms. The fourth-order valence-corrected chi connectivity index (χ4v) is 0. The van der Waals surface area contributed by atoms with E-state index in [-0.39, 0.29) is 0 Å². The predicted molar refractivity (Wildman–Crippen MR) is 48.1 cm³/mol. The van der Waals surface area contributed by atoms with E-state index in [2.05, 4.69) is 38.4 Å². The maximum atomic E-state index is 3.80. The first kappa shape index (κ1) is 11.0. The summed E-state index contributed by atoms with van der Waals surface area (Å²) in [6, 6.07) is 0. The van der Waals surface area contributed by atoms with Gasteiger partial charge in [0, 0.05) is 11.5 Å². The second kappa shape index (κ2) is 15.7. The third-order valence-electron chi connectivity index (χ3n) is 0.258. The summed E-state index contributed by atoms with van der Waals surface area (Å²) in [6.45, 7) is 6.81. The Morgan fingerprint density at radius 3 is 1.12 bits per heavy atom. The van der Waals surface area contributed by atoms with Crippen LogP contribution in [0.25, 0.3) is 0 Å². The van der Waals surface area contributed by atoms with E-state index >= 15 is 0 Å². The first-order valence-electron chi connectivity index (χ1n) is 2.27. The molecule has 0 heterocycles. The van der Waals surface area contributed by atoms with Crippen LogP contribution in [0, 0.1) is 0 Å². The van der Waals surface area contributed by atoms with E-state index in [9.17, 15) is 0 Å². The van der Waals surface area contributed by atoms with Crippen LogP contribution in [0.2, 0.25) is 0 Å². The van der Waals surface area contributed by atoms with Gasteiger partial charge in [0.25, 0.3) is 0 Å². The van der Waals surface area contributed by atoms with Gasteiger partial charge in [0.15, 0.2) is 0 Å². The van der Waals surface area contributed by atoms with Crippen molar-refractivity contribution < 1.29 is 0 Å². The van der Waals surface area contributed by atoms with Gasteiger partial charge in [-0.25, -0.2) is 0 Å². The minimum atomic E-state index is 0.778. The number of hydrogen-bond donors (Lipinski definition) is 2. The van der Waals surface area contributed by atoms with E-state index in [4.69, 9.17) is 0 Å². The van der Waals surface area contributed by atoms with Crippen LogP contribution in [-0.2, 0) is 0 Å². The molecule has 0 aliphatic rings. The molecule has 0 unspecified atom stereocenters. The summed E-state index contributed by atoms with van der Waals surface area (Å²) in [5.74, 6) is 1.56. The highest BCUT2D eigenvalue weighted by Gasteiger charge is 1.45. The summed E-state index contributed by atoms with van der Waals surface area (Å²) in [6.07, 6.45) is 3.48. The van der Waals surface area contributed by atoms with Crippen LogP contribution in [0.5, 0.6) is 0 Å². The fourth-order valence-electron chi connectivity index (χ4n) is 0. The van der Waals surface area contributed by atoms with Crippen molar-refractivity contribution in [3.63, 3.8) is 0 Å². The Morgan fingerprint density at radius 1 is 1.00 bits per heavy atom. The second-order valence-corrected chi connectivity index (χ2v) is 1.67. The molecule has 0 bridgehead atoms. The van der Waals surface area contributed by atoms with Crippen LogP contribution in [0.1, 0.15) is 0 Å². The van der Waals surface area contributed by atoms with Crippen molar-refractivity contribution in [1.29, 1.82) is 0 Å². The Balaban J connectivity index is 0. The lowest BCUT2D eigenvalue weighted by molar-refractivity contribution is 1.85. The molecular formula is C6H12S2. The van der Waals surface area contributed by atoms with Gasteiger partial charge in [-0.15, -0.1) is 13.2 Å². The summed E-state index contributed by atoms with van der Waals surface area (Å²) < 4.78 is 0. The maximum absolute atomic E-state index is 3.80. The highest BCUT2D eigenvalue weighted by molar-refractivity contribution is 7.80. The molecule has 0 aliphatic carbocycles. The zero-order valence-electron chi connectivity index (χ0n) is 4.88. The van der Waals surface area contributed by atoms with Gasteiger partial charge in [-0.2, -0.15) is 25.3 Å². The maximum Gasteiger partial charge on any atom is 0.00799 e. The lowest BCUT2D eigenvalue weighted by Crippen LogP contribution is -1.45. The molecule has 48 valence electrons. The number of rotatable bonds is 2. The molecule has 0 fully saturated rings. The molecule has 0 aliphatic heterocycles. The van der Waals surface area contributed by atoms with E-state index in [1.807, 2.05) is 0 Å². The standard InChI is InChI=1S/2C3H6S/c2*1-2-3-4/h2*2,4H,1,3H2. The third kappa shape index (κ3) is 34.9. The highest BCUT2D eigenvalue weighted by atomic mass is 32.1. The van der Waals surface area contributed by atoms with Crippen LogP contribution in [0.3, 0.4) is 0 Å². The van der Waals surface area contributed by atoms with E-state index in [0.717, 1.165) is 11.5 Å². The average Bonchev–Trinajstić information content (AvgIpc) is 1.88. The topological polar surface area (TPSA) is 0 Å². The minimum absolute atomic E-state index is 0.778. The van der Waals surface area contributed by atoms with Crippen molar-refractivity contribution in [2.45, 2.75) is 0 Å². The van der Waals surface area contributed by atoms with Gasteiger partial charge in [-0.05, 0) is 0 Å². The normalized spacial score (nSPS) is 6.25. The monoisotopic (exact) mass is 148 g/mol. The van der Waals surface area contributed by atoms with Crippen LogP contribution in [-0.4, -0.2) is 11.5 Å². The zero-order valence-corrected chi connectivity index (χ0v) is 6.67. The van der Waals surface area contributed by atoms with Gasteiger partial charge in [0.1, 0.15) is 0 Å². The Bertz CT molecular complexity index is 42.5. The smallest absolute Gasteiger partial charge is 0.00799 e. The quantitative estimate of drug-likeness (QED) is 0.435. The molecule has 0 rings (SSSR count). The lowest BCUT2D eigenvalue weighted by Gasteiger charge is -1.57. The highest BCUT2D eigenvalue weighted by Crippen LogP contribution is 1.66. The first-order valence-corrected chi connectivity index (χ1v) is 3.53. The van der Waals surface area contributed by atoms with Crippen molar-refractivity contribution in [2.24, 2.45) is 0 Å². The molecule has 0 saturated heterocycles. The van der Waals surface area contributed by atoms with Crippen molar-refractivity contribution in [3.05, 3.63) is 25.3 Å². The molecule has 0 aromatic carbocycles. The molecule has 0 radical (unpaired) electrons. The van der Waals surface area contributed by atoms with Crippen LogP contribution in [0.4, 0.5) is 0 Å². The fraction of sp³-hybridized carbons (Fsp3) is 0.333. The summed E-state index contributed by atoms with van der Waals surface area (Å²) >= 11 is 7.60. The van der Waals surface area contributed by atoms with E-state index < -0.39 is 0 Å². The van der Waals surface area contributed by atoms with Crippen LogP contribution >= 0.6 is 25.3 Å². The summed E-state index contributed by atoms with van der Waals surface area (Å²) in [5.41, 5.74) is 0. The molecule has 2 heteroatoms. The van der Waals surface area contributed by atoms with Gasteiger partial charge in [-0.3, -0.25) is 0 Å². The molecule has 0 atom stereocenters. The van der Waals surface area contributed by atoms with Crippen LogP contribution in [0.15, 0.2) is 25.3 Å². The minimum Gasteiger partial charge on any atom is -0.175 e. The van der Waals surface area contributed by atoms with Gasteiger partial charge < -0.3 is 0 Å². The zero-order chi connectivity index (χ0) is 6.83. The number of hydrogen-bond acceptors (Lipinski definition) is 2. The third-order valence-corrected chi connectivity index (χ3v) is 0.775.